The first-order valence-electron chi connectivity index (χ1n) is 7.48. The molecule has 0 aromatic rings. The molecular weight excluding hydrogens is 280 g/mol. The quantitative estimate of drug-likeness (QED) is 0.593. The Morgan fingerprint density at radius 2 is 1.55 bits per heavy atom. The van der Waals surface area contributed by atoms with Gasteiger partial charge < -0.3 is 14.8 Å². The van der Waals surface area contributed by atoms with E-state index in [2.05, 4.69) is 5.32 Å². The van der Waals surface area contributed by atoms with E-state index in [0.717, 1.165) is 13.1 Å². The molecule has 0 atom stereocenters. The molecule has 0 spiro atoms. The van der Waals surface area contributed by atoms with Crippen LogP contribution in [0, 0.1) is 0 Å². The van der Waals surface area contributed by atoms with Crippen molar-refractivity contribution in [3.63, 3.8) is 0 Å². The van der Waals surface area contributed by atoms with E-state index in [9.17, 15) is 8.42 Å². The van der Waals surface area contributed by atoms with Crippen molar-refractivity contribution in [2.45, 2.75) is 31.9 Å². The molecule has 0 bridgehead atoms. The van der Waals surface area contributed by atoms with Crippen LogP contribution in [0.1, 0.15) is 26.7 Å². The van der Waals surface area contributed by atoms with Gasteiger partial charge in [-0.25, -0.2) is 8.42 Å². The zero-order valence-corrected chi connectivity index (χ0v) is 13.5. The van der Waals surface area contributed by atoms with Gasteiger partial charge >= 0.3 is 0 Å². The third-order valence-electron chi connectivity index (χ3n) is 3.45. The molecule has 0 unspecified atom stereocenters. The molecule has 0 amide bonds. The van der Waals surface area contributed by atoms with Crippen molar-refractivity contribution in [3.8, 4) is 0 Å². The van der Waals surface area contributed by atoms with E-state index in [-0.39, 0.29) is 5.25 Å². The number of rotatable bonds is 10. The van der Waals surface area contributed by atoms with Gasteiger partial charge in [0.05, 0.1) is 18.5 Å². The number of nitrogens with one attached hydrogen (secondary N) is 1. The van der Waals surface area contributed by atoms with Crippen LogP contribution in [-0.2, 0) is 19.5 Å². The van der Waals surface area contributed by atoms with Gasteiger partial charge in [-0.3, -0.25) is 0 Å². The molecule has 20 heavy (non-hydrogen) atoms. The number of hydrogen-bond donors (Lipinski definition) is 1. The smallest absolute Gasteiger partial charge is 0.217 e. The summed E-state index contributed by atoms with van der Waals surface area (Å²) in [6.07, 6.45) is 1.37. The molecule has 0 saturated carbocycles. The van der Waals surface area contributed by atoms with Gasteiger partial charge in [0.15, 0.2) is 0 Å². The highest BCUT2D eigenvalue weighted by Gasteiger charge is 2.32. The molecule has 1 N–H and O–H groups in total. The summed E-state index contributed by atoms with van der Waals surface area (Å²) in [5, 5.41) is 2.93. The van der Waals surface area contributed by atoms with Gasteiger partial charge in [-0.1, -0.05) is 0 Å². The highest BCUT2D eigenvalue weighted by molar-refractivity contribution is 7.89. The molecule has 7 heteroatoms. The van der Waals surface area contributed by atoms with Crippen LogP contribution >= 0.6 is 0 Å². The second kappa shape index (κ2) is 9.68. The minimum Gasteiger partial charge on any atom is -0.380 e. The fourth-order valence-corrected chi connectivity index (χ4v) is 4.20. The molecule has 1 fully saturated rings. The summed E-state index contributed by atoms with van der Waals surface area (Å²) < 4.78 is 37.4. The summed E-state index contributed by atoms with van der Waals surface area (Å²) >= 11 is 0. The molecule has 1 rings (SSSR count). The molecule has 0 radical (unpaired) electrons. The molecule has 6 nitrogen and oxygen atoms in total. The van der Waals surface area contributed by atoms with E-state index in [0.29, 0.717) is 52.4 Å². The van der Waals surface area contributed by atoms with Crippen molar-refractivity contribution in [2.24, 2.45) is 0 Å². The van der Waals surface area contributed by atoms with Gasteiger partial charge in [-0.05, 0) is 39.8 Å². The SMILES string of the molecule is CCOCCN(CCOCC)S(=O)(=O)C1CCNCC1. The lowest BCUT2D eigenvalue weighted by Gasteiger charge is -2.29. The number of sulfonamides is 1. The van der Waals surface area contributed by atoms with E-state index in [1.54, 1.807) is 0 Å². The van der Waals surface area contributed by atoms with Gasteiger partial charge in [0.25, 0.3) is 0 Å². The highest BCUT2D eigenvalue weighted by Crippen LogP contribution is 2.17. The molecule has 0 aromatic heterocycles. The van der Waals surface area contributed by atoms with Gasteiger partial charge in [0.1, 0.15) is 0 Å². The van der Waals surface area contributed by atoms with E-state index < -0.39 is 10.0 Å². The van der Waals surface area contributed by atoms with Crippen LogP contribution in [0.25, 0.3) is 0 Å². The molecule has 0 aromatic carbocycles. The Balaban J connectivity index is 2.61. The third kappa shape index (κ3) is 5.65. The van der Waals surface area contributed by atoms with E-state index in [4.69, 9.17) is 9.47 Å². The Labute approximate surface area is 122 Å². The van der Waals surface area contributed by atoms with E-state index in [1.165, 1.54) is 4.31 Å². The number of nitrogens with zero attached hydrogens (tertiary/aromatic N) is 1. The van der Waals surface area contributed by atoms with Gasteiger partial charge in [0.2, 0.25) is 10.0 Å². The number of hydrogen-bond acceptors (Lipinski definition) is 5. The van der Waals surface area contributed by atoms with Crippen LogP contribution in [0.15, 0.2) is 0 Å². The second-order valence-corrected chi connectivity index (χ2v) is 7.00. The minimum absolute atomic E-state index is 0.271. The van der Waals surface area contributed by atoms with Crippen LogP contribution in [-0.4, -0.2) is 70.6 Å². The minimum atomic E-state index is -3.25. The summed E-state index contributed by atoms with van der Waals surface area (Å²) in [7, 11) is -3.25. The standard InChI is InChI=1S/C13H28N2O4S/c1-3-18-11-9-15(10-12-19-4-2)20(16,17)13-5-7-14-8-6-13/h13-14H,3-12H2,1-2H3. The summed E-state index contributed by atoms with van der Waals surface area (Å²) in [5.74, 6) is 0. The molecule has 1 heterocycles. The van der Waals surface area contributed by atoms with Crippen molar-refractivity contribution in [2.75, 3.05) is 52.6 Å². The van der Waals surface area contributed by atoms with Crippen molar-refractivity contribution in [1.82, 2.24) is 9.62 Å². The Morgan fingerprint density at radius 1 is 1.05 bits per heavy atom. The number of piperidine rings is 1. The molecule has 1 saturated heterocycles. The first-order valence-corrected chi connectivity index (χ1v) is 8.98. The Bertz CT molecular complexity index is 332. The maximum absolute atomic E-state index is 12.7. The third-order valence-corrected chi connectivity index (χ3v) is 5.84. The summed E-state index contributed by atoms with van der Waals surface area (Å²) in [6.45, 7) is 8.26. The Hall–Kier alpha value is -0.210. The van der Waals surface area contributed by atoms with Gasteiger partial charge in [-0.15, -0.1) is 0 Å². The van der Waals surface area contributed by atoms with Crippen LogP contribution in [0.5, 0.6) is 0 Å². The Kier molecular flexibility index (Phi) is 8.63. The van der Waals surface area contributed by atoms with Crippen LogP contribution in [0.2, 0.25) is 0 Å². The molecule has 1 aliphatic rings. The fourth-order valence-electron chi connectivity index (χ4n) is 2.29. The maximum atomic E-state index is 12.7. The molecule has 0 aliphatic carbocycles. The van der Waals surface area contributed by atoms with Crippen molar-refractivity contribution in [3.05, 3.63) is 0 Å². The lowest BCUT2D eigenvalue weighted by atomic mass is 10.2. The Morgan fingerprint density at radius 3 is 2.00 bits per heavy atom. The topological polar surface area (TPSA) is 67.9 Å². The average Bonchev–Trinajstić information content (AvgIpc) is 2.47. The molecule has 120 valence electrons. The second-order valence-electron chi connectivity index (χ2n) is 4.79. The zero-order valence-electron chi connectivity index (χ0n) is 12.6. The predicted octanol–water partition coefficient (Wildman–Crippen LogP) is 0.443. The highest BCUT2D eigenvalue weighted by atomic mass is 32.2. The van der Waals surface area contributed by atoms with Crippen LogP contribution in [0.4, 0.5) is 0 Å². The number of ether oxygens (including phenoxy) is 2. The largest absolute Gasteiger partial charge is 0.380 e. The first kappa shape index (κ1) is 17.8. The fraction of sp³-hybridized carbons (Fsp3) is 1.00. The normalized spacial score (nSPS) is 17.8. The lowest BCUT2D eigenvalue weighted by Crippen LogP contribution is -2.46. The summed E-state index contributed by atoms with van der Waals surface area (Å²) in [6, 6.07) is 0. The van der Waals surface area contributed by atoms with Crippen molar-refractivity contribution in [1.29, 1.82) is 0 Å². The summed E-state index contributed by atoms with van der Waals surface area (Å²) in [4.78, 5) is 0. The van der Waals surface area contributed by atoms with Crippen molar-refractivity contribution >= 4 is 10.0 Å². The zero-order chi connectivity index (χ0) is 14.8. The molecule has 1 aliphatic heterocycles. The average molecular weight is 308 g/mol. The molecular formula is C13H28N2O4S. The monoisotopic (exact) mass is 308 g/mol. The van der Waals surface area contributed by atoms with Crippen molar-refractivity contribution < 1.29 is 17.9 Å². The van der Waals surface area contributed by atoms with Crippen LogP contribution < -0.4 is 5.32 Å². The van der Waals surface area contributed by atoms with E-state index in [1.807, 2.05) is 13.8 Å². The lowest BCUT2D eigenvalue weighted by molar-refractivity contribution is 0.110. The van der Waals surface area contributed by atoms with Gasteiger partial charge in [-0.2, -0.15) is 4.31 Å². The van der Waals surface area contributed by atoms with E-state index >= 15 is 0 Å². The maximum Gasteiger partial charge on any atom is 0.217 e. The first-order chi connectivity index (χ1) is 9.62. The van der Waals surface area contributed by atoms with Gasteiger partial charge in [0, 0.05) is 26.3 Å². The van der Waals surface area contributed by atoms with Crippen LogP contribution in [0.3, 0.4) is 0 Å². The summed E-state index contributed by atoms with van der Waals surface area (Å²) in [5.41, 5.74) is 0. The predicted molar refractivity (Wildman–Crippen MR) is 79.4 cm³/mol.